The van der Waals surface area contributed by atoms with Crippen molar-refractivity contribution in [3.05, 3.63) is 15.0 Å². The molecular weight excluding hydrogens is 236 g/mol. The molecule has 88 valence electrons. The Kier molecular flexibility index (Phi) is 3.37. The Morgan fingerprint density at radius 1 is 1.56 bits per heavy atom. The van der Waals surface area contributed by atoms with Crippen molar-refractivity contribution in [3.63, 3.8) is 0 Å². The third kappa shape index (κ3) is 2.41. The maximum atomic E-state index is 10.9. The van der Waals surface area contributed by atoms with Crippen molar-refractivity contribution in [1.29, 1.82) is 0 Å². The summed E-state index contributed by atoms with van der Waals surface area (Å²) >= 11 is 5.92. The van der Waals surface area contributed by atoms with E-state index in [-0.39, 0.29) is 6.42 Å². The summed E-state index contributed by atoms with van der Waals surface area (Å²) in [6.45, 7) is 3.13. The molecule has 0 amide bonds. The second-order valence-corrected chi connectivity index (χ2v) is 4.95. The molecule has 0 radical (unpaired) electrons. The van der Waals surface area contributed by atoms with Gasteiger partial charge in [-0.3, -0.25) is 10.1 Å². The first-order chi connectivity index (χ1) is 7.32. The lowest BCUT2D eigenvalue weighted by molar-refractivity contribution is -0.567. The number of hydrogen-bond acceptors (Lipinski definition) is 6. The smallest absolute Gasteiger partial charge is 0.260 e. The number of rotatable bonds is 5. The van der Waals surface area contributed by atoms with Gasteiger partial charge in [0.25, 0.3) is 0 Å². The zero-order valence-corrected chi connectivity index (χ0v) is 9.59. The third-order valence-electron chi connectivity index (χ3n) is 2.31. The molecule has 0 aliphatic carbocycles. The number of hydrogen-bond donors (Lipinski definition) is 0. The van der Waals surface area contributed by atoms with Gasteiger partial charge in [-0.25, -0.2) is 0 Å². The molecule has 1 aliphatic heterocycles. The van der Waals surface area contributed by atoms with E-state index in [1.807, 2.05) is 0 Å². The largest absolute Gasteiger partial charge is 0.413 e. The average molecular weight is 247 g/mol. The van der Waals surface area contributed by atoms with Crippen LogP contribution in [0.15, 0.2) is 15.2 Å². The number of nitrogens with zero attached hydrogens (tertiary/aromatic N) is 4. The molecule has 0 saturated heterocycles. The predicted molar refractivity (Wildman–Crippen MR) is 60.8 cm³/mol. The van der Waals surface area contributed by atoms with Crippen LogP contribution in [0.4, 0.5) is 0 Å². The molecule has 0 aromatic rings. The van der Waals surface area contributed by atoms with Crippen molar-refractivity contribution in [3.8, 4) is 0 Å². The Morgan fingerprint density at radius 3 is 2.38 bits per heavy atom. The Bertz CT molecular complexity index is 349. The molecule has 1 rings (SSSR count). The van der Waals surface area contributed by atoms with Gasteiger partial charge in [-0.05, 0) is 13.8 Å². The van der Waals surface area contributed by atoms with Gasteiger partial charge >= 0.3 is 5.79 Å². The predicted octanol–water partition coefficient (Wildman–Crippen LogP) is 1.61. The van der Waals surface area contributed by atoms with E-state index in [0.717, 1.165) is 0 Å². The molecule has 1 unspecified atom stereocenters. The van der Waals surface area contributed by atoms with E-state index < -0.39 is 21.6 Å². The van der Waals surface area contributed by atoms with Gasteiger partial charge in [-0.15, -0.1) is 11.6 Å². The fraction of sp³-hybridized carbons (Fsp3) is 0.750. The Labute approximate surface area is 96.7 Å². The van der Waals surface area contributed by atoms with Crippen LogP contribution in [0.2, 0.25) is 0 Å². The highest BCUT2D eigenvalue weighted by Crippen LogP contribution is 2.31. The molecular formula is C8H11ClN4O3. The zero-order valence-electron chi connectivity index (χ0n) is 8.83. The molecule has 0 spiro atoms. The van der Waals surface area contributed by atoms with E-state index in [4.69, 9.17) is 11.6 Å². The van der Waals surface area contributed by atoms with Crippen molar-refractivity contribution < 1.29 is 4.92 Å². The number of alkyl halides is 1. The number of aliphatic imine (C=N–C) groups is 2. The molecule has 0 fully saturated rings. The van der Waals surface area contributed by atoms with Crippen molar-refractivity contribution >= 4 is 24.0 Å². The van der Waals surface area contributed by atoms with E-state index in [1.165, 1.54) is 12.4 Å². The van der Waals surface area contributed by atoms with Crippen molar-refractivity contribution in [2.24, 2.45) is 15.2 Å². The second kappa shape index (κ2) is 4.25. The lowest BCUT2D eigenvalue weighted by Crippen LogP contribution is -2.41. The summed E-state index contributed by atoms with van der Waals surface area (Å²) in [6, 6.07) is -0.938. The van der Waals surface area contributed by atoms with Crippen LogP contribution < -0.4 is 0 Å². The van der Waals surface area contributed by atoms with Gasteiger partial charge in [0.1, 0.15) is 6.04 Å². The molecule has 0 N–H and O–H groups in total. The zero-order chi connectivity index (χ0) is 12.4. The van der Waals surface area contributed by atoms with Crippen molar-refractivity contribution in [2.75, 3.05) is 0 Å². The van der Waals surface area contributed by atoms with E-state index >= 15 is 0 Å². The second-order valence-electron chi connectivity index (χ2n) is 3.98. The van der Waals surface area contributed by atoms with Gasteiger partial charge < -0.3 is 0 Å². The Morgan fingerprint density at radius 2 is 2.06 bits per heavy atom. The summed E-state index contributed by atoms with van der Waals surface area (Å²) in [7, 11) is 0. The molecule has 0 saturated carbocycles. The average Bonchev–Trinajstić information content (AvgIpc) is 2.61. The first-order valence-corrected chi connectivity index (χ1v) is 4.94. The van der Waals surface area contributed by atoms with Crippen molar-refractivity contribution in [1.82, 2.24) is 0 Å². The van der Waals surface area contributed by atoms with Crippen LogP contribution in [-0.2, 0) is 0 Å². The molecule has 8 heteroatoms. The van der Waals surface area contributed by atoms with Crippen LogP contribution in [0.3, 0.4) is 0 Å². The fourth-order valence-electron chi connectivity index (χ4n) is 1.28. The van der Waals surface area contributed by atoms with Crippen LogP contribution in [-0.4, -0.2) is 34.1 Å². The minimum atomic E-state index is -1.84. The van der Waals surface area contributed by atoms with E-state index in [9.17, 15) is 15.0 Å². The Hall–Kier alpha value is -1.37. The van der Waals surface area contributed by atoms with Gasteiger partial charge in [-0.2, -0.15) is 14.9 Å². The van der Waals surface area contributed by atoms with Crippen LogP contribution in [0, 0.1) is 15.0 Å². The molecule has 16 heavy (non-hydrogen) atoms. The number of halogens is 1. The van der Waals surface area contributed by atoms with Crippen LogP contribution >= 0.6 is 11.6 Å². The molecule has 0 bridgehead atoms. The molecule has 0 aromatic heterocycles. The summed E-state index contributed by atoms with van der Waals surface area (Å²) in [5.74, 6) is -1.84. The molecule has 1 atom stereocenters. The Balaban J connectivity index is 2.93. The fourth-order valence-corrected chi connectivity index (χ4v) is 1.39. The standard InChI is InChI=1S/C8H11ClN4O3/c1-7(2,9)6(12-14)5-8(13(15)16)10-3-4-11-8/h3-4,6H,5H2,1-2H3. The quantitative estimate of drug-likeness (QED) is 0.319. The monoisotopic (exact) mass is 246 g/mol. The first kappa shape index (κ1) is 12.7. The van der Waals surface area contributed by atoms with Gasteiger partial charge in [-0.1, -0.05) is 5.18 Å². The SMILES string of the molecule is CC(C)(Cl)C(CC1([N+](=O)[O-])N=CC=N1)N=O. The van der Waals surface area contributed by atoms with Crippen LogP contribution in [0.5, 0.6) is 0 Å². The third-order valence-corrected chi connectivity index (χ3v) is 2.56. The van der Waals surface area contributed by atoms with Gasteiger partial charge in [0.05, 0.1) is 16.2 Å². The number of nitroso groups, excluding NO2 is 1. The maximum absolute atomic E-state index is 10.9. The highest BCUT2D eigenvalue weighted by atomic mass is 35.5. The van der Waals surface area contributed by atoms with Crippen LogP contribution in [0.1, 0.15) is 20.3 Å². The molecule has 0 aromatic carbocycles. The topological polar surface area (TPSA) is 97.3 Å². The molecule has 7 nitrogen and oxygen atoms in total. The minimum absolute atomic E-state index is 0.243. The van der Waals surface area contributed by atoms with E-state index in [0.29, 0.717) is 0 Å². The molecule has 1 aliphatic rings. The van der Waals surface area contributed by atoms with Crippen LogP contribution in [0.25, 0.3) is 0 Å². The normalized spacial score (nSPS) is 19.7. The summed E-state index contributed by atoms with van der Waals surface area (Å²) in [5.41, 5.74) is 0. The summed E-state index contributed by atoms with van der Waals surface area (Å²) in [4.78, 5) is 27.2. The highest BCUT2D eigenvalue weighted by Gasteiger charge is 2.49. The lowest BCUT2D eigenvalue weighted by atomic mass is 9.97. The van der Waals surface area contributed by atoms with E-state index in [2.05, 4.69) is 15.2 Å². The van der Waals surface area contributed by atoms with Gasteiger partial charge in [0.15, 0.2) is 0 Å². The summed E-state index contributed by atoms with van der Waals surface area (Å²) in [6.07, 6.45) is 2.21. The molecule has 1 heterocycles. The lowest BCUT2D eigenvalue weighted by Gasteiger charge is -2.24. The summed E-state index contributed by atoms with van der Waals surface area (Å²) in [5, 5.41) is 13.7. The highest BCUT2D eigenvalue weighted by molar-refractivity contribution is 6.24. The van der Waals surface area contributed by atoms with Gasteiger partial charge in [0, 0.05) is 12.4 Å². The van der Waals surface area contributed by atoms with E-state index in [1.54, 1.807) is 13.8 Å². The maximum Gasteiger partial charge on any atom is 0.413 e. The summed E-state index contributed by atoms with van der Waals surface area (Å²) < 4.78 is 0. The van der Waals surface area contributed by atoms with Gasteiger partial charge in [0.2, 0.25) is 0 Å². The number of nitro groups is 1. The minimum Gasteiger partial charge on any atom is -0.260 e. The van der Waals surface area contributed by atoms with Crippen molar-refractivity contribution in [2.45, 2.75) is 37.0 Å². The first-order valence-electron chi connectivity index (χ1n) is 4.57.